The van der Waals surface area contributed by atoms with Gasteiger partial charge in [-0.05, 0) is 61.0 Å². The van der Waals surface area contributed by atoms with E-state index in [4.69, 9.17) is 0 Å². The summed E-state index contributed by atoms with van der Waals surface area (Å²) < 4.78 is 0. The van der Waals surface area contributed by atoms with Crippen molar-refractivity contribution in [1.82, 2.24) is 0 Å². The molecule has 0 aromatic carbocycles. The monoisotopic (exact) mass is 385 g/mol. The van der Waals surface area contributed by atoms with Crippen LogP contribution in [0, 0.1) is 39.9 Å². The summed E-state index contributed by atoms with van der Waals surface area (Å²) in [6.07, 6.45) is 9.96. The molecule has 4 rings (SSSR count). The van der Waals surface area contributed by atoms with Crippen LogP contribution in [0.1, 0.15) is 66.7 Å². The first-order valence-electron chi connectivity index (χ1n) is 11.0. The summed E-state index contributed by atoms with van der Waals surface area (Å²) in [6, 6.07) is 0. The Hall–Kier alpha value is -1.42. The molecule has 0 spiro atoms. The van der Waals surface area contributed by atoms with Gasteiger partial charge in [-0.15, -0.1) is 0 Å². The van der Waals surface area contributed by atoms with Gasteiger partial charge in [0.05, 0.1) is 6.10 Å². The largest absolute Gasteiger partial charge is 0.410 e. The summed E-state index contributed by atoms with van der Waals surface area (Å²) >= 11 is 0. The number of aliphatic hydroxyl groups is 1. The summed E-state index contributed by atoms with van der Waals surface area (Å²) in [5.41, 5.74) is 1.17. The van der Waals surface area contributed by atoms with Crippen molar-refractivity contribution in [3.05, 3.63) is 23.8 Å². The van der Waals surface area contributed by atoms with Gasteiger partial charge in [0.1, 0.15) is 11.5 Å². The first-order valence-corrected chi connectivity index (χ1v) is 11.0. The molecule has 0 radical (unpaired) electrons. The Balaban J connectivity index is 1.76. The lowest BCUT2D eigenvalue weighted by molar-refractivity contribution is -0.155. The van der Waals surface area contributed by atoms with E-state index in [-0.39, 0.29) is 22.2 Å². The number of carbonyl (C=O) groups excluding carboxylic acids is 1. The average Bonchev–Trinajstić information content (AvgIpc) is 2.87. The van der Waals surface area contributed by atoms with Crippen molar-refractivity contribution in [3.8, 4) is 0 Å². The third kappa shape index (κ3) is 2.27. The van der Waals surface area contributed by atoms with Gasteiger partial charge >= 0.3 is 0 Å². The highest BCUT2D eigenvalue weighted by molar-refractivity contribution is 6.05. The van der Waals surface area contributed by atoms with Gasteiger partial charge in [-0.2, -0.15) is 0 Å². The quantitative estimate of drug-likeness (QED) is 0.532. The summed E-state index contributed by atoms with van der Waals surface area (Å²) in [5.74, 6) is 1.76. The molecule has 3 saturated carbocycles. The molecule has 0 aromatic rings. The third-order valence-electron chi connectivity index (χ3n) is 9.69. The lowest BCUT2D eigenvalue weighted by Crippen LogP contribution is -2.58. The minimum Gasteiger partial charge on any atom is -0.410 e. The Morgan fingerprint density at radius 3 is 2.68 bits per heavy atom. The SMILES string of the molecule is CCC(=O)[C@@]1(C)[C@H](C)C[C@H]2[C@@H]3CCC4=C/C(=N/O)C=C[C@]4(C)[C@H]3[C@@H](O)C[C@@]21C. The van der Waals surface area contributed by atoms with E-state index in [1.165, 1.54) is 5.57 Å². The van der Waals surface area contributed by atoms with E-state index in [0.717, 1.165) is 19.3 Å². The lowest BCUT2D eigenvalue weighted by Gasteiger charge is -2.60. The van der Waals surface area contributed by atoms with Gasteiger partial charge in [0.15, 0.2) is 0 Å². The summed E-state index contributed by atoms with van der Waals surface area (Å²) in [7, 11) is 0. The highest BCUT2D eigenvalue weighted by Gasteiger charge is 2.68. The molecule has 0 heterocycles. The van der Waals surface area contributed by atoms with Crippen molar-refractivity contribution in [2.24, 2.45) is 45.1 Å². The Kier molecular flexibility index (Phi) is 4.46. The van der Waals surface area contributed by atoms with Crippen LogP contribution in [0.25, 0.3) is 0 Å². The lowest BCUT2D eigenvalue weighted by atomic mass is 9.44. The van der Waals surface area contributed by atoms with E-state index >= 15 is 0 Å². The van der Waals surface area contributed by atoms with E-state index in [1.807, 2.05) is 19.1 Å². The van der Waals surface area contributed by atoms with Crippen LogP contribution in [0.15, 0.2) is 29.0 Å². The number of hydrogen-bond donors (Lipinski definition) is 2. The second kappa shape index (κ2) is 6.29. The third-order valence-corrected chi connectivity index (χ3v) is 9.69. The van der Waals surface area contributed by atoms with Gasteiger partial charge < -0.3 is 10.3 Å². The molecule has 0 aliphatic heterocycles. The van der Waals surface area contributed by atoms with Crippen molar-refractivity contribution >= 4 is 11.5 Å². The van der Waals surface area contributed by atoms with Crippen LogP contribution in [0.2, 0.25) is 0 Å². The molecule has 8 atom stereocenters. The van der Waals surface area contributed by atoms with Gasteiger partial charge in [0.2, 0.25) is 0 Å². The molecular weight excluding hydrogens is 350 g/mol. The number of Topliss-reactive ketones (excluding diaryl/α,β-unsaturated/α-hetero) is 1. The minimum atomic E-state index is -0.425. The van der Waals surface area contributed by atoms with Crippen molar-refractivity contribution in [2.45, 2.75) is 72.8 Å². The second-order valence-electron chi connectivity index (χ2n) is 10.5. The predicted octanol–water partition coefficient (Wildman–Crippen LogP) is 4.76. The van der Waals surface area contributed by atoms with E-state index in [2.05, 4.69) is 38.9 Å². The second-order valence-corrected chi connectivity index (χ2v) is 10.5. The first kappa shape index (κ1) is 19.9. The Labute approximate surface area is 168 Å². The van der Waals surface area contributed by atoms with E-state index < -0.39 is 6.10 Å². The molecular formula is C24H35NO3. The number of nitrogens with zero attached hydrogens (tertiary/aromatic N) is 1. The molecule has 0 aromatic heterocycles. The van der Waals surface area contributed by atoms with Crippen LogP contribution in [0.4, 0.5) is 0 Å². The number of carbonyl (C=O) groups is 1. The van der Waals surface area contributed by atoms with Gasteiger partial charge in [0.25, 0.3) is 0 Å². The zero-order valence-electron chi connectivity index (χ0n) is 17.9. The number of rotatable bonds is 2. The van der Waals surface area contributed by atoms with Gasteiger partial charge in [-0.1, -0.05) is 51.4 Å². The van der Waals surface area contributed by atoms with E-state index in [1.54, 1.807) is 0 Å². The highest BCUT2D eigenvalue weighted by Crippen LogP contribution is 2.71. The number of oxime groups is 1. The molecule has 4 aliphatic rings. The maximum atomic E-state index is 13.1. The number of allylic oxidation sites excluding steroid dienone is 4. The normalized spacial score (nSPS) is 51.3. The molecule has 154 valence electrons. The van der Waals surface area contributed by atoms with Gasteiger partial charge in [0, 0.05) is 23.2 Å². The van der Waals surface area contributed by atoms with Crippen molar-refractivity contribution in [1.29, 1.82) is 0 Å². The first-order chi connectivity index (χ1) is 13.1. The highest BCUT2D eigenvalue weighted by atomic mass is 16.4. The van der Waals surface area contributed by atoms with E-state index in [0.29, 0.717) is 42.1 Å². The molecule has 3 fully saturated rings. The maximum absolute atomic E-state index is 13.1. The minimum absolute atomic E-state index is 0.145. The van der Waals surface area contributed by atoms with Crippen molar-refractivity contribution in [2.75, 3.05) is 0 Å². The topological polar surface area (TPSA) is 69.9 Å². The Morgan fingerprint density at radius 1 is 1.32 bits per heavy atom. The van der Waals surface area contributed by atoms with E-state index in [9.17, 15) is 15.1 Å². The predicted molar refractivity (Wildman–Crippen MR) is 110 cm³/mol. The van der Waals surface area contributed by atoms with Crippen molar-refractivity contribution in [3.63, 3.8) is 0 Å². The summed E-state index contributed by atoms with van der Waals surface area (Å²) in [6.45, 7) is 10.9. The number of ketones is 1. The molecule has 0 unspecified atom stereocenters. The maximum Gasteiger partial charge on any atom is 0.139 e. The molecule has 0 saturated heterocycles. The average molecular weight is 386 g/mol. The van der Waals surface area contributed by atoms with Crippen LogP contribution in [-0.4, -0.2) is 27.9 Å². The fourth-order valence-electron chi connectivity index (χ4n) is 7.92. The fraction of sp³-hybridized carbons (Fsp3) is 0.750. The molecule has 4 nitrogen and oxygen atoms in total. The smallest absolute Gasteiger partial charge is 0.139 e. The van der Waals surface area contributed by atoms with Crippen LogP contribution < -0.4 is 0 Å². The molecule has 2 N–H and O–H groups in total. The zero-order chi connectivity index (χ0) is 20.5. The van der Waals surface area contributed by atoms with Crippen LogP contribution in [0.5, 0.6) is 0 Å². The van der Waals surface area contributed by atoms with Crippen LogP contribution in [0.3, 0.4) is 0 Å². The fourth-order valence-corrected chi connectivity index (χ4v) is 7.92. The van der Waals surface area contributed by atoms with Gasteiger partial charge in [-0.25, -0.2) is 0 Å². The summed E-state index contributed by atoms with van der Waals surface area (Å²) in [5, 5.41) is 24.0. The number of hydrogen-bond acceptors (Lipinski definition) is 4. The molecule has 28 heavy (non-hydrogen) atoms. The standard InChI is InChI=1S/C24H35NO3/c1-6-20(27)24(5)14(2)11-18-17-8-7-15-12-16(25-28)9-10-22(15,3)21(17)19(26)13-23(18,24)4/h9-10,12,14,17-19,21,26,28H,6-8,11,13H2,1-5H3/b25-16+/t14-,17+,18+,19+,21-,22+,23+,24-/m1/s1. The van der Waals surface area contributed by atoms with Gasteiger partial charge in [-0.3, -0.25) is 4.79 Å². The molecule has 4 aliphatic carbocycles. The number of aliphatic hydroxyl groups excluding tert-OH is 1. The van der Waals surface area contributed by atoms with Crippen molar-refractivity contribution < 1.29 is 15.1 Å². The molecule has 0 amide bonds. The Bertz CT molecular complexity index is 783. The Morgan fingerprint density at radius 2 is 2.04 bits per heavy atom. The van der Waals surface area contributed by atoms with Crippen LogP contribution >= 0.6 is 0 Å². The molecule has 0 bridgehead atoms. The molecule has 4 heteroatoms. The van der Waals surface area contributed by atoms with Crippen LogP contribution in [-0.2, 0) is 4.79 Å². The summed E-state index contributed by atoms with van der Waals surface area (Å²) in [4.78, 5) is 13.1. The number of fused-ring (bicyclic) bond motifs is 5. The zero-order valence-corrected chi connectivity index (χ0v) is 17.9.